The Morgan fingerprint density at radius 3 is 2.50 bits per heavy atom. The number of carbonyl (C=O) groups excluding carboxylic acids is 1. The summed E-state index contributed by atoms with van der Waals surface area (Å²) in [4.78, 5) is 14.9. The van der Waals surface area contributed by atoms with E-state index in [1.54, 1.807) is 36.4 Å². The van der Waals surface area contributed by atoms with Crippen molar-refractivity contribution in [3.63, 3.8) is 0 Å². The van der Waals surface area contributed by atoms with Gasteiger partial charge >= 0.3 is 0 Å². The van der Waals surface area contributed by atoms with Crippen LogP contribution >= 0.6 is 39.9 Å². The van der Waals surface area contributed by atoms with E-state index in [0.29, 0.717) is 26.0 Å². The summed E-state index contributed by atoms with van der Waals surface area (Å²) in [6.45, 7) is 0.524. The fraction of sp³-hybridized carbons (Fsp3) is 0.0833. The second-order valence-electron chi connectivity index (χ2n) is 7.00. The molecule has 3 aromatic rings. The van der Waals surface area contributed by atoms with Crippen LogP contribution in [0.1, 0.15) is 16.7 Å². The van der Waals surface area contributed by atoms with Crippen molar-refractivity contribution in [1.29, 1.82) is 0 Å². The highest BCUT2D eigenvalue weighted by Gasteiger charge is 2.32. The Morgan fingerprint density at radius 2 is 1.78 bits per heavy atom. The van der Waals surface area contributed by atoms with Crippen molar-refractivity contribution in [3.05, 3.63) is 104 Å². The number of hydrogen-bond donors (Lipinski definition) is 0. The quantitative estimate of drug-likeness (QED) is 0.261. The van der Waals surface area contributed by atoms with Gasteiger partial charge in [0.1, 0.15) is 28.3 Å². The summed E-state index contributed by atoms with van der Waals surface area (Å²) in [6, 6.07) is 17.7. The normalized spacial score (nSPS) is 15.0. The van der Waals surface area contributed by atoms with E-state index in [2.05, 4.69) is 15.9 Å². The zero-order valence-corrected chi connectivity index (χ0v) is 19.8. The lowest BCUT2D eigenvalue weighted by Gasteiger charge is -2.14. The molecule has 0 atom stereocenters. The smallest absolute Gasteiger partial charge is 0.266 e. The second kappa shape index (κ2) is 9.94. The number of thioether (sulfide) groups is 1. The summed E-state index contributed by atoms with van der Waals surface area (Å²) in [7, 11) is 0. The lowest BCUT2D eigenvalue weighted by molar-refractivity contribution is -0.122. The highest BCUT2D eigenvalue weighted by molar-refractivity contribution is 9.10. The number of halogens is 3. The molecule has 0 saturated carbocycles. The Hall–Kier alpha value is -2.55. The van der Waals surface area contributed by atoms with Gasteiger partial charge in [-0.3, -0.25) is 9.69 Å². The molecule has 0 N–H and O–H groups in total. The van der Waals surface area contributed by atoms with Crippen LogP contribution < -0.4 is 4.74 Å². The van der Waals surface area contributed by atoms with Gasteiger partial charge in [0.05, 0.1) is 15.9 Å². The topological polar surface area (TPSA) is 29.5 Å². The van der Waals surface area contributed by atoms with Crippen LogP contribution in [0.5, 0.6) is 5.75 Å². The zero-order chi connectivity index (χ0) is 22.7. The molecule has 0 bridgehead atoms. The SMILES string of the molecule is O=C1/C(=C/c2ccc(OCc3cccc(F)c3)c(Br)c2)SC(=S)N1Cc1ccc(F)cc1. The first-order valence-electron chi connectivity index (χ1n) is 9.55. The highest BCUT2D eigenvalue weighted by atomic mass is 79.9. The van der Waals surface area contributed by atoms with Gasteiger partial charge in [-0.1, -0.05) is 54.3 Å². The number of benzene rings is 3. The molecular weight excluding hydrogens is 516 g/mol. The van der Waals surface area contributed by atoms with Gasteiger partial charge < -0.3 is 4.74 Å². The van der Waals surface area contributed by atoms with E-state index in [4.69, 9.17) is 17.0 Å². The molecule has 3 aromatic carbocycles. The van der Waals surface area contributed by atoms with Crippen molar-refractivity contribution in [1.82, 2.24) is 4.90 Å². The van der Waals surface area contributed by atoms with E-state index >= 15 is 0 Å². The third kappa shape index (κ3) is 5.43. The third-order valence-electron chi connectivity index (χ3n) is 4.66. The average Bonchev–Trinajstić information content (AvgIpc) is 3.02. The summed E-state index contributed by atoms with van der Waals surface area (Å²) in [5, 5.41) is 0. The third-order valence-corrected chi connectivity index (χ3v) is 6.66. The summed E-state index contributed by atoms with van der Waals surface area (Å²) >= 11 is 10.1. The summed E-state index contributed by atoms with van der Waals surface area (Å²) in [5.74, 6) is -0.215. The van der Waals surface area contributed by atoms with Crippen molar-refractivity contribution < 1.29 is 18.3 Å². The Labute approximate surface area is 202 Å². The lowest BCUT2D eigenvalue weighted by Crippen LogP contribution is -2.27. The van der Waals surface area contributed by atoms with Gasteiger partial charge in [0, 0.05) is 0 Å². The molecule has 1 fully saturated rings. The maximum Gasteiger partial charge on any atom is 0.266 e. The van der Waals surface area contributed by atoms with Crippen LogP contribution in [0.25, 0.3) is 6.08 Å². The molecule has 32 heavy (non-hydrogen) atoms. The van der Waals surface area contributed by atoms with Gasteiger partial charge in [0.2, 0.25) is 0 Å². The number of amides is 1. The number of hydrogen-bond acceptors (Lipinski definition) is 4. The summed E-state index contributed by atoms with van der Waals surface area (Å²) < 4.78 is 33.4. The number of ether oxygens (including phenoxy) is 1. The molecule has 1 amide bonds. The minimum absolute atomic E-state index is 0.188. The van der Waals surface area contributed by atoms with Crippen LogP contribution in [0.15, 0.2) is 76.1 Å². The predicted molar refractivity (Wildman–Crippen MR) is 130 cm³/mol. The molecule has 0 radical (unpaired) electrons. The number of thiocarbonyl (C=S) groups is 1. The number of rotatable bonds is 6. The number of carbonyl (C=O) groups is 1. The fourth-order valence-corrected chi connectivity index (χ4v) is 4.84. The molecule has 4 rings (SSSR count). The Bertz CT molecular complexity index is 1210. The Balaban J connectivity index is 1.45. The van der Waals surface area contributed by atoms with E-state index in [1.165, 1.54) is 40.9 Å². The van der Waals surface area contributed by atoms with Gasteiger partial charge in [-0.2, -0.15) is 0 Å². The molecule has 0 aromatic heterocycles. The Kier molecular flexibility index (Phi) is 7.03. The molecule has 3 nitrogen and oxygen atoms in total. The predicted octanol–water partition coefficient (Wildman–Crippen LogP) is 6.71. The standard InChI is InChI=1S/C24H16BrF2NO2S2/c25-20-11-16(6-9-21(20)30-14-17-2-1-3-19(27)10-17)12-22-23(29)28(24(31)32-22)13-15-4-7-18(26)8-5-15/h1-12H,13-14H2/b22-12-. The minimum Gasteiger partial charge on any atom is -0.488 e. The van der Waals surface area contributed by atoms with Gasteiger partial charge in [-0.05, 0) is 75.1 Å². The van der Waals surface area contributed by atoms with Crippen molar-refractivity contribution in [2.75, 3.05) is 0 Å². The highest BCUT2D eigenvalue weighted by Crippen LogP contribution is 2.35. The summed E-state index contributed by atoms with van der Waals surface area (Å²) in [5.41, 5.74) is 2.33. The van der Waals surface area contributed by atoms with Crippen LogP contribution in [0.3, 0.4) is 0 Å². The molecule has 1 heterocycles. The summed E-state index contributed by atoms with van der Waals surface area (Å²) in [6.07, 6.45) is 1.77. The monoisotopic (exact) mass is 531 g/mol. The van der Waals surface area contributed by atoms with Crippen LogP contribution in [0.2, 0.25) is 0 Å². The zero-order valence-electron chi connectivity index (χ0n) is 16.6. The number of nitrogens with zero attached hydrogens (tertiary/aromatic N) is 1. The molecule has 0 aliphatic carbocycles. The van der Waals surface area contributed by atoms with Gasteiger partial charge in [-0.25, -0.2) is 8.78 Å². The molecule has 1 saturated heterocycles. The Morgan fingerprint density at radius 1 is 1.00 bits per heavy atom. The maximum atomic E-state index is 13.3. The average molecular weight is 532 g/mol. The molecule has 162 valence electrons. The molecule has 1 aliphatic heterocycles. The first kappa shape index (κ1) is 22.6. The van der Waals surface area contributed by atoms with E-state index in [-0.39, 0.29) is 24.1 Å². The molecule has 0 unspecified atom stereocenters. The molecular formula is C24H16BrF2NO2S2. The van der Waals surface area contributed by atoms with Gasteiger partial charge in [-0.15, -0.1) is 0 Å². The van der Waals surface area contributed by atoms with Crippen LogP contribution in [-0.2, 0) is 17.9 Å². The maximum absolute atomic E-state index is 13.3. The van der Waals surface area contributed by atoms with E-state index in [0.717, 1.165) is 16.7 Å². The lowest BCUT2D eigenvalue weighted by atomic mass is 10.2. The van der Waals surface area contributed by atoms with Crippen LogP contribution in [0, 0.1) is 11.6 Å². The van der Waals surface area contributed by atoms with Crippen molar-refractivity contribution in [2.24, 2.45) is 0 Å². The largest absolute Gasteiger partial charge is 0.488 e. The van der Waals surface area contributed by atoms with Gasteiger partial charge in [0.15, 0.2) is 0 Å². The van der Waals surface area contributed by atoms with E-state index in [1.807, 2.05) is 12.1 Å². The molecule has 8 heteroatoms. The molecule has 1 aliphatic rings. The first-order chi connectivity index (χ1) is 15.4. The first-order valence-corrected chi connectivity index (χ1v) is 11.6. The fourth-order valence-electron chi connectivity index (χ4n) is 3.07. The van der Waals surface area contributed by atoms with Crippen LogP contribution in [-0.4, -0.2) is 15.1 Å². The second-order valence-corrected chi connectivity index (χ2v) is 9.53. The van der Waals surface area contributed by atoms with Crippen molar-refractivity contribution in [3.8, 4) is 5.75 Å². The van der Waals surface area contributed by atoms with Crippen molar-refractivity contribution >= 4 is 56.2 Å². The van der Waals surface area contributed by atoms with Gasteiger partial charge in [0.25, 0.3) is 5.91 Å². The van der Waals surface area contributed by atoms with E-state index < -0.39 is 0 Å². The molecule has 0 spiro atoms. The van der Waals surface area contributed by atoms with Crippen molar-refractivity contribution in [2.45, 2.75) is 13.2 Å². The van der Waals surface area contributed by atoms with Crippen LogP contribution in [0.4, 0.5) is 8.78 Å². The van der Waals surface area contributed by atoms with E-state index in [9.17, 15) is 13.6 Å². The minimum atomic E-state index is -0.326.